The van der Waals surface area contributed by atoms with Gasteiger partial charge in [0.05, 0.1) is 5.69 Å². The van der Waals surface area contributed by atoms with Crippen molar-refractivity contribution in [2.45, 2.75) is 0 Å². The van der Waals surface area contributed by atoms with Gasteiger partial charge in [0.25, 0.3) is 11.8 Å². The molecule has 2 aromatic rings. The van der Waals surface area contributed by atoms with E-state index in [9.17, 15) is 14.0 Å². The van der Waals surface area contributed by atoms with E-state index in [1.807, 2.05) is 30.0 Å². The third-order valence-corrected chi connectivity index (χ3v) is 5.00. The Morgan fingerprint density at radius 2 is 1.59 bits per heavy atom. The average molecular weight is 398 g/mol. The fourth-order valence-corrected chi connectivity index (χ4v) is 3.30. The van der Waals surface area contributed by atoms with Crippen molar-refractivity contribution >= 4 is 17.5 Å². The molecule has 0 aromatic heterocycles. The highest BCUT2D eigenvalue weighted by molar-refractivity contribution is 5.97. The molecule has 0 unspecified atom stereocenters. The molecule has 6 nitrogen and oxygen atoms in total. The third-order valence-electron chi connectivity index (χ3n) is 5.00. The number of nitrogens with zero attached hydrogens (tertiary/aromatic N) is 3. The van der Waals surface area contributed by atoms with E-state index in [-0.39, 0.29) is 17.6 Å². The molecule has 0 bridgehead atoms. The Hall–Kier alpha value is -2.93. The number of piperazine rings is 1. The van der Waals surface area contributed by atoms with Crippen molar-refractivity contribution in [1.29, 1.82) is 0 Å². The van der Waals surface area contributed by atoms with Gasteiger partial charge in [-0.3, -0.25) is 9.59 Å². The maximum absolute atomic E-state index is 14.0. The van der Waals surface area contributed by atoms with E-state index in [2.05, 4.69) is 5.32 Å². The molecule has 3 rings (SSSR count). The molecule has 1 aliphatic heterocycles. The van der Waals surface area contributed by atoms with Crippen molar-refractivity contribution in [3.63, 3.8) is 0 Å². The van der Waals surface area contributed by atoms with Gasteiger partial charge >= 0.3 is 0 Å². The molecule has 29 heavy (non-hydrogen) atoms. The van der Waals surface area contributed by atoms with E-state index in [0.29, 0.717) is 49.5 Å². The van der Waals surface area contributed by atoms with Crippen LogP contribution >= 0.6 is 0 Å². The van der Waals surface area contributed by atoms with E-state index < -0.39 is 0 Å². The second-order valence-corrected chi connectivity index (χ2v) is 7.37. The Morgan fingerprint density at radius 1 is 0.966 bits per heavy atom. The van der Waals surface area contributed by atoms with Crippen molar-refractivity contribution in [2.24, 2.45) is 0 Å². The van der Waals surface area contributed by atoms with Gasteiger partial charge in [0, 0.05) is 50.4 Å². The zero-order chi connectivity index (χ0) is 20.8. The maximum atomic E-state index is 14.0. The number of anilines is 1. The lowest BCUT2D eigenvalue weighted by atomic mass is 10.1. The number of hydrogen-bond donors (Lipinski definition) is 1. The maximum Gasteiger partial charge on any atom is 0.253 e. The molecule has 1 heterocycles. The number of hydrogen-bond acceptors (Lipinski definition) is 4. The van der Waals surface area contributed by atoms with E-state index in [1.54, 1.807) is 41.3 Å². The van der Waals surface area contributed by atoms with Gasteiger partial charge in [0.1, 0.15) is 5.82 Å². The van der Waals surface area contributed by atoms with Crippen LogP contribution in [0.1, 0.15) is 20.7 Å². The number of amides is 2. The zero-order valence-electron chi connectivity index (χ0n) is 16.9. The fourth-order valence-electron chi connectivity index (χ4n) is 3.30. The lowest BCUT2D eigenvalue weighted by Crippen LogP contribution is -2.49. The summed E-state index contributed by atoms with van der Waals surface area (Å²) in [7, 11) is 3.89. The van der Waals surface area contributed by atoms with Crippen LogP contribution in [0.15, 0.2) is 48.5 Å². The summed E-state index contributed by atoms with van der Waals surface area (Å²) < 4.78 is 14.0. The number of halogens is 1. The topological polar surface area (TPSA) is 55.9 Å². The normalized spacial score (nSPS) is 14.2. The van der Waals surface area contributed by atoms with Crippen molar-refractivity contribution in [2.75, 3.05) is 58.3 Å². The minimum absolute atomic E-state index is 0.0715. The van der Waals surface area contributed by atoms with Crippen LogP contribution in [0.5, 0.6) is 0 Å². The number of carbonyl (C=O) groups is 2. The molecule has 0 radical (unpaired) electrons. The molecular weight excluding hydrogens is 371 g/mol. The van der Waals surface area contributed by atoms with Crippen LogP contribution in [0, 0.1) is 5.82 Å². The first-order valence-electron chi connectivity index (χ1n) is 9.77. The van der Waals surface area contributed by atoms with Crippen molar-refractivity contribution in [3.8, 4) is 0 Å². The van der Waals surface area contributed by atoms with Gasteiger partial charge in [-0.15, -0.1) is 0 Å². The largest absolute Gasteiger partial charge is 0.366 e. The van der Waals surface area contributed by atoms with Crippen molar-refractivity contribution in [1.82, 2.24) is 15.1 Å². The molecule has 1 N–H and O–H groups in total. The molecular formula is C22H27FN4O2. The van der Waals surface area contributed by atoms with E-state index in [1.165, 1.54) is 6.07 Å². The summed E-state index contributed by atoms with van der Waals surface area (Å²) >= 11 is 0. The lowest BCUT2D eigenvalue weighted by molar-refractivity contribution is 0.0746. The zero-order valence-corrected chi connectivity index (χ0v) is 16.9. The molecule has 1 aliphatic rings. The summed E-state index contributed by atoms with van der Waals surface area (Å²) in [4.78, 5) is 30.6. The summed E-state index contributed by atoms with van der Waals surface area (Å²) in [5.74, 6) is -0.464. The van der Waals surface area contributed by atoms with Crippen LogP contribution in [0.25, 0.3) is 0 Å². The highest BCUT2D eigenvalue weighted by Crippen LogP contribution is 2.20. The number of likely N-dealkylation sites (N-methyl/N-ethyl adjacent to an activating group) is 1. The van der Waals surface area contributed by atoms with E-state index >= 15 is 0 Å². The minimum Gasteiger partial charge on any atom is -0.366 e. The van der Waals surface area contributed by atoms with Crippen LogP contribution in [0.4, 0.5) is 10.1 Å². The summed E-state index contributed by atoms with van der Waals surface area (Å²) in [6.07, 6.45) is 0. The van der Waals surface area contributed by atoms with Crippen LogP contribution in [-0.2, 0) is 0 Å². The highest BCUT2D eigenvalue weighted by Gasteiger charge is 2.23. The Bertz CT molecular complexity index is 846. The predicted molar refractivity (Wildman–Crippen MR) is 112 cm³/mol. The Morgan fingerprint density at radius 3 is 2.21 bits per heavy atom. The Balaban J connectivity index is 1.54. The van der Waals surface area contributed by atoms with Gasteiger partial charge in [-0.1, -0.05) is 12.1 Å². The standard InChI is InChI=1S/C22H27FN4O2/c1-25(2)12-11-24-21(28)17-7-9-18(10-8-17)22(29)27-15-13-26(14-16-27)20-6-4-3-5-19(20)23/h3-10H,11-16H2,1-2H3,(H,24,28). The van der Waals surface area contributed by atoms with Crippen molar-refractivity contribution in [3.05, 3.63) is 65.5 Å². The van der Waals surface area contributed by atoms with Crippen molar-refractivity contribution < 1.29 is 14.0 Å². The first kappa shape index (κ1) is 20.8. The SMILES string of the molecule is CN(C)CCNC(=O)c1ccc(C(=O)N2CCN(c3ccccc3F)CC2)cc1. The highest BCUT2D eigenvalue weighted by atomic mass is 19.1. The van der Waals surface area contributed by atoms with Gasteiger partial charge in [-0.2, -0.15) is 0 Å². The molecule has 0 saturated carbocycles. The van der Waals surface area contributed by atoms with Crippen LogP contribution < -0.4 is 10.2 Å². The first-order valence-corrected chi connectivity index (χ1v) is 9.77. The number of nitrogens with one attached hydrogen (secondary N) is 1. The van der Waals surface area contributed by atoms with Crippen LogP contribution in [0.2, 0.25) is 0 Å². The average Bonchev–Trinajstić information content (AvgIpc) is 2.73. The Kier molecular flexibility index (Phi) is 6.82. The van der Waals surface area contributed by atoms with E-state index in [4.69, 9.17) is 0 Å². The molecule has 0 atom stereocenters. The molecule has 1 fully saturated rings. The summed E-state index contributed by atoms with van der Waals surface area (Å²) in [6.45, 7) is 3.55. The number of rotatable bonds is 6. The quantitative estimate of drug-likeness (QED) is 0.810. The fraction of sp³-hybridized carbons (Fsp3) is 0.364. The van der Waals surface area contributed by atoms with Crippen LogP contribution in [0.3, 0.4) is 0 Å². The van der Waals surface area contributed by atoms with Gasteiger partial charge in [0.15, 0.2) is 0 Å². The number of benzene rings is 2. The molecule has 0 spiro atoms. The molecule has 0 aliphatic carbocycles. The first-order chi connectivity index (χ1) is 14.0. The predicted octanol–water partition coefficient (Wildman–Crippen LogP) is 2.08. The van der Waals surface area contributed by atoms with E-state index in [0.717, 1.165) is 6.54 Å². The molecule has 1 saturated heterocycles. The lowest BCUT2D eigenvalue weighted by Gasteiger charge is -2.36. The third kappa shape index (κ3) is 5.32. The summed E-state index contributed by atoms with van der Waals surface area (Å²) in [6, 6.07) is 13.4. The van der Waals surface area contributed by atoms with Gasteiger partial charge in [-0.05, 0) is 50.5 Å². The number of para-hydroxylation sites is 1. The number of carbonyl (C=O) groups excluding carboxylic acids is 2. The molecule has 154 valence electrons. The minimum atomic E-state index is -0.244. The van der Waals surface area contributed by atoms with Crippen LogP contribution in [-0.4, -0.2) is 75.0 Å². The molecule has 2 aromatic carbocycles. The smallest absolute Gasteiger partial charge is 0.253 e. The molecule has 7 heteroatoms. The van der Waals surface area contributed by atoms with Gasteiger partial charge in [-0.25, -0.2) is 4.39 Å². The van der Waals surface area contributed by atoms with Gasteiger partial charge in [0.2, 0.25) is 0 Å². The second-order valence-electron chi connectivity index (χ2n) is 7.37. The summed E-state index contributed by atoms with van der Waals surface area (Å²) in [5.41, 5.74) is 1.66. The monoisotopic (exact) mass is 398 g/mol. The Labute approximate surface area is 170 Å². The molecule has 2 amide bonds. The summed E-state index contributed by atoms with van der Waals surface area (Å²) in [5, 5.41) is 2.86. The van der Waals surface area contributed by atoms with Gasteiger partial charge < -0.3 is 20.0 Å². The second kappa shape index (κ2) is 9.52.